The van der Waals surface area contributed by atoms with E-state index in [0.717, 1.165) is 25.1 Å². The van der Waals surface area contributed by atoms with Gasteiger partial charge >= 0.3 is 0 Å². The van der Waals surface area contributed by atoms with Gasteiger partial charge in [-0.15, -0.1) is 0 Å². The standard InChI is InChI=1S/C20H26N2O2S/c1-3-22(19-11-5-4-6-12-19)14-8-13-21-20(23)18-10-7-9-17(15-18)16-25(2)24/h4-7,9-12,15H,3,8,13-14,16H2,1-2H3,(H,21,23). The van der Waals surface area contributed by atoms with Gasteiger partial charge in [0.2, 0.25) is 0 Å². The summed E-state index contributed by atoms with van der Waals surface area (Å²) in [6.45, 7) is 4.60. The van der Waals surface area contributed by atoms with Gasteiger partial charge in [0.15, 0.2) is 0 Å². The number of hydrogen-bond acceptors (Lipinski definition) is 3. The van der Waals surface area contributed by atoms with Gasteiger partial charge in [-0.3, -0.25) is 9.00 Å². The van der Waals surface area contributed by atoms with E-state index in [2.05, 4.69) is 29.3 Å². The van der Waals surface area contributed by atoms with E-state index in [1.807, 2.05) is 36.4 Å². The predicted octanol–water partition coefficient (Wildman–Crippen LogP) is 3.21. The lowest BCUT2D eigenvalue weighted by atomic mass is 10.1. The van der Waals surface area contributed by atoms with Crippen molar-refractivity contribution in [3.05, 3.63) is 65.7 Å². The molecule has 0 aromatic heterocycles. The van der Waals surface area contributed by atoms with E-state index in [9.17, 15) is 9.00 Å². The summed E-state index contributed by atoms with van der Waals surface area (Å²) in [7, 11) is -0.907. The van der Waals surface area contributed by atoms with E-state index < -0.39 is 10.8 Å². The Morgan fingerprint density at radius 1 is 1.12 bits per heavy atom. The molecule has 4 nitrogen and oxygen atoms in total. The zero-order chi connectivity index (χ0) is 18.1. The quantitative estimate of drug-likeness (QED) is 0.700. The summed E-state index contributed by atoms with van der Waals surface area (Å²) < 4.78 is 11.3. The summed E-state index contributed by atoms with van der Waals surface area (Å²) >= 11 is 0. The predicted molar refractivity (Wildman–Crippen MR) is 105 cm³/mol. The monoisotopic (exact) mass is 358 g/mol. The molecule has 1 atom stereocenters. The largest absolute Gasteiger partial charge is 0.372 e. The molecule has 2 aromatic carbocycles. The van der Waals surface area contributed by atoms with E-state index >= 15 is 0 Å². The number of carbonyl (C=O) groups is 1. The highest BCUT2D eigenvalue weighted by Crippen LogP contribution is 2.13. The molecular formula is C20H26N2O2S. The smallest absolute Gasteiger partial charge is 0.251 e. The molecule has 0 aliphatic heterocycles. The number of carbonyl (C=O) groups excluding carboxylic acids is 1. The molecule has 0 spiro atoms. The number of hydrogen-bond donors (Lipinski definition) is 1. The average molecular weight is 359 g/mol. The Bertz CT molecular complexity index is 704. The summed E-state index contributed by atoms with van der Waals surface area (Å²) in [4.78, 5) is 14.6. The van der Waals surface area contributed by atoms with Gasteiger partial charge in [-0.25, -0.2) is 0 Å². The van der Waals surface area contributed by atoms with Crippen LogP contribution in [-0.4, -0.2) is 36.0 Å². The van der Waals surface area contributed by atoms with Crippen molar-refractivity contribution in [2.45, 2.75) is 19.1 Å². The molecule has 5 heteroatoms. The Kier molecular flexibility index (Phi) is 7.67. The van der Waals surface area contributed by atoms with Crippen molar-refractivity contribution in [2.75, 3.05) is 30.8 Å². The second-order valence-corrected chi connectivity index (χ2v) is 7.38. The lowest BCUT2D eigenvalue weighted by molar-refractivity contribution is 0.0953. The van der Waals surface area contributed by atoms with Crippen LogP contribution in [0.25, 0.3) is 0 Å². The first-order chi connectivity index (χ1) is 12.1. The Morgan fingerprint density at radius 2 is 1.88 bits per heavy atom. The van der Waals surface area contributed by atoms with Gasteiger partial charge in [-0.2, -0.15) is 0 Å². The van der Waals surface area contributed by atoms with Gasteiger partial charge in [0.1, 0.15) is 0 Å². The Labute approximate surface area is 152 Å². The van der Waals surface area contributed by atoms with Crippen LogP contribution < -0.4 is 10.2 Å². The van der Waals surface area contributed by atoms with Gasteiger partial charge in [0, 0.05) is 53.7 Å². The van der Waals surface area contributed by atoms with Crippen molar-refractivity contribution < 1.29 is 9.00 Å². The minimum absolute atomic E-state index is 0.0773. The molecule has 2 aromatic rings. The minimum Gasteiger partial charge on any atom is -0.372 e. The molecule has 0 aliphatic carbocycles. The highest BCUT2D eigenvalue weighted by atomic mass is 32.2. The fourth-order valence-corrected chi connectivity index (χ4v) is 3.37. The molecule has 2 rings (SSSR count). The van der Waals surface area contributed by atoms with Gasteiger partial charge in [-0.05, 0) is 43.2 Å². The van der Waals surface area contributed by atoms with E-state index in [4.69, 9.17) is 0 Å². The SMILES string of the molecule is CCN(CCCNC(=O)c1cccc(CS(C)=O)c1)c1ccccc1. The van der Waals surface area contributed by atoms with Crippen LogP contribution in [0.1, 0.15) is 29.3 Å². The van der Waals surface area contributed by atoms with Crippen LogP contribution in [0.3, 0.4) is 0 Å². The number of nitrogens with one attached hydrogen (secondary N) is 1. The summed E-state index contributed by atoms with van der Waals surface area (Å²) in [6.07, 6.45) is 2.55. The molecule has 1 unspecified atom stereocenters. The second-order valence-electron chi connectivity index (χ2n) is 5.94. The number of amides is 1. The maximum absolute atomic E-state index is 12.3. The lowest BCUT2D eigenvalue weighted by Gasteiger charge is -2.23. The highest BCUT2D eigenvalue weighted by molar-refractivity contribution is 7.83. The molecule has 0 aliphatic rings. The highest BCUT2D eigenvalue weighted by Gasteiger charge is 2.07. The summed E-state index contributed by atoms with van der Waals surface area (Å²) in [5, 5.41) is 2.97. The number of rotatable bonds is 9. The van der Waals surface area contributed by atoms with Gasteiger partial charge in [0.25, 0.3) is 5.91 Å². The van der Waals surface area contributed by atoms with Crippen LogP contribution in [0.5, 0.6) is 0 Å². The first-order valence-corrected chi connectivity index (χ1v) is 10.3. The van der Waals surface area contributed by atoms with Crippen LogP contribution in [-0.2, 0) is 16.6 Å². The molecule has 0 radical (unpaired) electrons. The maximum atomic E-state index is 12.3. The zero-order valence-corrected chi connectivity index (χ0v) is 15.7. The van der Waals surface area contributed by atoms with Crippen molar-refractivity contribution in [1.29, 1.82) is 0 Å². The molecule has 0 bridgehead atoms. The Morgan fingerprint density at radius 3 is 2.56 bits per heavy atom. The van der Waals surface area contributed by atoms with Crippen molar-refractivity contribution in [1.82, 2.24) is 5.32 Å². The number of benzene rings is 2. The van der Waals surface area contributed by atoms with Crippen LogP contribution in [0, 0.1) is 0 Å². The minimum atomic E-state index is -0.907. The molecule has 134 valence electrons. The van der Waals surface area contributed by atoms with Crippen LogP contribution in [0.2, 0.25) is 0 Å². The van der Waals surface area contributed by atoms with Crippen molar-refractivity contribution in [3.63, 3.8) is 0 Å². The Balaban J connectivity index is 1.81. The third kappa shape index (κ3) is 6.35. The van der Waals surface area contributed by atoms with Gasteiger partial charge in [-0.1, -0.05) is 30.3 Å². The third-order valence-corrected chi connectivity index (χ3v) is 4.69. The van der Waals surface area contributed by atoms with Gasteiger partial charge < -0.3 is 10.2 Å². The van der Waals surface area contributed by atoms with E-state index in [1.165, 1.54) is 5.69 Å². The Hall–Kier alpha value is -2.14. The molecule has 1 amide bonds. The summed E-state index contributed by atoms with van der Waals surface area (Å²) in [5.74, 6) is 0.399. The number of para-hydroxylation sites is 1. The average Bonchev–Trinajstić information content (AvgIpc) is 2.62. The van der Waals surface area contributed by atoms with Gasteiger partial charge in [0.05, 0.1) is 0 Å². The first-order valence-electron chi connectivity index (χ1n) is 8.57. The lowest BCUT2D eigenvalue weighted by Crippen LogP contribution is -2.30. The van der Waals surface area contributed by atoms with Crippen LogP contribution >= 0.6 is 0 Å². The van der Waals surface area contributed by atoms with Crippen molar-refractivity contribution >= 4 is 22.4 Å². The van der Waals surface area contributed by atoms with Crippen LogP contribution in [0.15, 0.2) is 54.6 Å². The fourth-order valence-electron chi connectivity index (χ4n) is 2.72. The topological polar surface area (TPSA) is 49.4 Å². The summed E-state index contributed by atoms with van der Waals surface area (Å²) in [5.41, 5.74) is 2.75. The number of anilines is 1. The molecule has 0 saturated heterocycles. The third-order valence-electron chi connectivity index (χ3n) is 3.95. The second kappa shape index (κ2) is 9.99. The normalized spacial score (nSPS) is 11.8. The first kappa shape index (κ1) is 19.2. The maximum Gasteiger partial charge on any atom is 0.251 e. The van der Waals surface area contributed by atoms with Crippen molar-refractivity contribution in [3.8, 4) is 0 Å². The zero-order valence-electron chi connectivity index (χ0n) is 14.9. The van der Waals surface area contributed by atoms with E-state index in [1.54, 1.807) is 12.3 Å². The van der Waals surface area contributed by atoms with E-state index in [-0.39, 0.29) is 5.91 Å². The van der Waals surface area contributed by atoms with Crippen molar-refractivity contribution in [2.24, 2.45) is 0 Å². The molecule has 25 heavy (non-hydrogen) atoms. The van der Waals surface area contributed by atoms with E-state index in [0.29, 0.717) is 17.9 Å². The fraction of sp³-hybridized carbons (Fsp3) is 0.350. The molecular weight excluding hydrogens is 332 g/mol. The molecule has 0 fully saturated rings. The molecule has 0 saturated carbocycles. The number of nitrogens with zero attached hydrogens (tertiary/aromatic N) is 1. The van der Waals surface area contributed by atoms with Crippen LogP contribution in [0.4, 0.5) is 5.69 Å². The summed E-state index contributed by atoms with van der Waals surface area (Å²) in [6, 6.07) is 17.6. The molecule has 1 N–H and O–H groups in total. The molecule has 0 heterocycles.